The number of benzene rings is 3. The number of rotatable bonds is 4. The zero-order valence-corrected chi connectivity index (χ0v) is 18.1. The van der Waals surface area contributed by atoms with E-state index in [0.29, 0.717) is 16.3 Å². The third kappa shape index (κ3) is 3.74. The number of amides is 1. The Hall–Kier alpha value is -3.64. The van der Waals surface area contributed by atoms with Crippen LogP contribution in [-0.4, -0.2) is 23.9 Å². The predicted octanol–water partition coefficient (Wildman–Crippen LogP) is 5.42. The fourth-order valence-electron chi connectivity index (χ4n) is 3.78. The van der Waals surface area contributed by atoms with Crippen molar-refractivity contribution in [2.75, 3.05) is 12.0 Å². The molecule has 1 amide bonds. The molecule has 1 unspecified atom stereocenters. The Kier molecular flexibility index (Phi) is 5.72. The maximum Gasteiger partial charge on any atom is 0.300 e. The minimum Gasteiger partial charge on any atom is -0.507 e. The zero-order chi connectivity index (χ0) is 23.0. The summed E-state index contributed by atoms with van der Waals surface area (Å²) in [6.45, 7) is 1.90. The summed E-state index contributed by atoms with van der Waals surface area (Å²) in [7, 11) is 1.42. The van der Waals surface area contributed by atoms with E-state index >= 15 is 0 Å². The van der Waals surface area contributed by atoms with E-state index in [1.807, 2.05) is 19.1 Å². The highest BCUT2D eigenvalue weighted by molar-refractivity contribution is 6.51. The summed E-state index contributed by atoms with van der Waals surface area (Å²) in [5.74, 6) is -2.26. The molecular weight excluding hydrogens is 433 g/mol. The Morgan fingerprint density at radius 1 is 1.03 bits per heavy atom. The van der Waals surface area contributed by atoms with E-state index in [2.05, 4.69) is 0 Å². The molecule has 0 aromatic heterocycles. The van der Waals surface area contributed by atoms with Gasteiger partial charge >= 0.3 is 0 Å². The van der Waals surface area contributed by atoms with E-state index in [4.69, 9.17) is 16.3 Å². The number of anilines is 1. The lowest BCUT2D eigenvalue weighted by atomic mass is 9.94. The molecule has 3 aromatic carbocycles. The van der Waals surface area contributed by atoms with Gasteiger partial charge in [-0.15, -0.1) is 0 Å². The summed E-state index contributed by atoms with van der Waals surface area (Å²) in [5.41, 5.74) is 1.96. The van der Waals surface area contributed by atoms with Crippen LogP contribution in [0.25, 0.3) is 5.76 Å². The molecule has 1 heterocycles. The van der Waals surface area contributed by atoms with Crippen LogP contribution in [0, 0.1) is 12.7 Å². The van der Waals surface area contributed by atoms with Crippen LogP contribution in [0.15, 0.2) is 72.3 Å². The average Bonchev–Trinajstić information content (AvgIpc) is 3.05. The molecule has 1 fully saturated rings. The van der Waals surface area contributed by atoms with Crippen molar-refractivity contribution in [3.8, 4) is 5.75 Å². The second kappa shape index (κ2) is 8.48. The first-order valence-corrected chi connectivity index (χ1v) is 10.2. The van der Waals surface area contributed by atoms with E-state index in [0.717, 1.165) is 5.56 Å². The number of methoxy groups -OCH3 is 1. The number of ketones is 1. The van der Waals surface area contributed by atoms with Gasteiger partial charge in [-0.05, 0) is 55.0 Å². The Morgan fingerprint density at radius 3 is 2.31 bits per heavy atom. The van der Waals surface area contributed by atoms with Gasteiger partial charge in [-0.2, -0.15) is 0 Å². The molecule has 0 aliphatic carbocycles. The maximum atomic E-state index is 13.6. The molecule has 3 aromatic rings. The predicted molar refractivity (Wildman–Crippen MR) is 120 cm³/mol. The third-order valence-corrected chi connectivity index (χ3v) is 5.59. The smallest absolute Gasteiger partial charge is 0.300 e. The van der Waals surface area contributed by atoms with Crippen molar-refractivity contribution in [2.45, 2.75) is 13.0 Å². The Balaban J connectivity index is 1.98. The van der Waals surface area contributed by atoms with Crippen molar-refractivity contribution in [1.82, 2.24) is 0 Å². The highest BCUT2D eigenvalue weighted by atomic mass is 35.5. The number of hydrogen-bond acceptors (Lipinski definition) is 4. The lowest BCUT2D eigenvalue weighted by Gasteiger charge is -2.25. The summed E-state index contributed by atoms with van der Waals surface area (Å²) < 4.78 is 18.9. The number of aryl methyl sites for hydroxylation is 1. The lowest BCUT2D eigenvalue weighted by Crippen LogP contribution is -2.29. The largest absolute Gasteiger partial charge is 0.507 e. The van der Waals surface area contributed by atoms with E-state index in [1.165, 1.54) is 42.3 Å². The van der Waals surface area contributed by atoms with Crippen molar-refractivity contribution in [3.63, 3.8) is 0 Å². The molecule has 1 saturated heterocycles. The van der Waals surface area contributed by atoms with Crippen LogP contribution in [0.2, 0.25) is 5.02 Å². The molecule has 5 nitrogen and oxygen atoms in total. The summed E-state index contributed by atoms with van der Waals surface area (Å²) in [6, 6.07) is 16.1. The number of aliphatic hydroxyl groups excluding tert-OH is 1. The molecular formula is C25H19ClFNO4. The number of carbonyl (C=O) groups is 2. The number of ether oxygens (including phenoxy) is 1. The van der Waals surface area contributed by atoms with Crippen molar-refractivity contribution >= 4 is 34.7 Å². The van der Waals surface area contributed by atoms with Crippen LogP contribution >= 0.6 is 11.6 Å². The number of aliphatic hydroxyl groups is 1. The first-order valence-electron chi connectivity index (χ1n) is 9.79. The summed E-state index contributed by atoms with van der Waals surface area (Å²) in [4.78, 5) is 27.6. The standard InChI is InChI=1S/C25H19ClFNO4/c1-14-3-10-18(11-4-14)28-22(15-5-8-17(27)9-6-15)21(24(30)25(28)31)23(29)19-13-16(26)7-12-20(19)32-2/h3-13,22,29H,1-2H3/b23-21+. The van der Waals surface area contributed by atoms with Crippen LogP contribution in [0.1, 0.15) is 22.7 Å². The highest BCUT2D eigenvalue weighted by Crippen LogP contribution is 2.43. The van der Waals surface area contributed by atoms with Crippen LogP contribution in [0.5, 0.6) is 5.75 Å². The quantitative estimate of drug-likeness (QED) is 0.326. The van der Waals surface area contributed by atoms with E-state index in [9.17, 15) is 19.1 Å². The van der Waals surface area contributed by atoms with Gasteiger partial charge in [0.15, 0.2) is 0 Å². The SMILES string of the molecule is COc1ccc(Cl)cc1/C(O)=C1\C(=O)C(=O)N(c2ccc(C)cc2)C1c1ccc(F)cc1. The molecule has 0 spiro atoms. The van der Waals surface area contributed by atoms with Crippen LogP contribution in [0.4, 0.5) is 10.1 Å². The topological polar surface area (TPSA) is 66.8 Å². The number of Topliss-reactive ketones (excluding diaryl/α,β-unsaturated/α-hetero) is 1. The van der Waals surface area contributed by atoms with Gasteiger partial charge in [-0.1, -0.05) is 41.4 Å². The fraction of sp³-hybridized carbons (Fsp3) is 0.120. The average molecular weight is 452 g/mol. The van der Waals surface area contributed by atoms with Gasteiger partial charge < -0.3 is 9.84 Å². The number of carbonyl (C=O) groups excluding carboxylic acids is 2. The third-order valence-electron chi connectivity index (χ3n) is 5.36. The first-order chi connectivity index (χ1) is 15.3. The zero-order valence-electron chi connectivity index (χ0n) is 17.3. The van der Waals surface area contributed by atoms with Gasteiger partial charge in [0.25, 0.3) is 11.7 Å². The van der Waals surface area contributed by atoms with Gasteiger partial charge in [0, 0.05) is 10.7 Å². The number of nitrogens with zero attached hydrogens (tertiary/aromatic N) is 1. The minimum absolute atomic E-state index is 0.136. The van der Waals surface area contributed by atoms with E-state index in [-0.39, 0.29) is 16.9 Å². The Morgan fingerprint density at radius 2 is 1.69 bits per heavy atom. The van der Waals surface area contributed by atoms with Gasteiger partial charge in [-0.3, -0.25) is 14.5 Å². The first kappa shape index (κ1) is 21.6. The molecule has 1 aliphatic rings. The summed E-state index contributed by atoms with van der Waals surface area (Å²) in [5, 5.41) is 11.5. The molecule has 0 saturated carbocycles. The fourth-order valence-corrected chi connectivity index (χ4v) is 3.95. The second-order valence-electron chi connectivity index (χ2n) is 7.40. The van der Waals surface area contributed by atoms with Crippen molar-refractivity contribution < 1.29 is 23.8 Å². The lowest BCUT2D eigenvalue weighted by molar-refractivity contribution is -0.132. The molecule has 1 aliphatic heterocycles. The maximum absolute atomic E-state index is 13.6. The monoisotopic (exact) mass is 451 g/mol. The van der Waals surface area contributed by atoms with Crippen molar-refractivity contribution in [2.24, 2.45) is 0 Å². The second-order valence-corrected chi connectivity index (χ2v) is 7.84. The van der Waals surface area contributed by atoms with E-state index in [1.54, 1.807) is 24.3 Å². The van der Waals surface area contributed by atoms with Crippen molar-refractivity contribution in [3.05, 3.63) is 99.8 Å². The molecule has 0 radical (unpaired) electrons. The number of halogens is 2. The van der Waals surface area contributed by atoms with Crippen LogP contribution < -0.4 is 9.64 Å². The Labute approximate surface area is 189 Å². The summed E-state index contributed by atoms with van der Waals surface area (Å²) in [6.07, 6.45) is 0. The minimum atomic E-state index is -0.970. The molecule has 1 atom stereocenters. The van der Waals surface area contributed by atoms with Crippen molar-refractivity contribution in [1.29, 1.82) is 0 Å². The van der Waals surface area contributed by atoms with Gasteiger partial charge in [0.2, 0.25) is 0 Å². The molecule has 162 valence electrons. The van der Waals surface area contributed by atoms with E-state index < -0.39 is 29.3 Å². The highest BCUT2D eigenvalue weighted by Gasteiger charge is 2.47. The number of hydrogen-bond donors (Lipinski definition) is 1. The molecule has 0 bridgehead atoms. The molecule has 7 heteroatoms. The molecule has 1 N–H and O–H groups in total. The van der Waals surface area contributed by atoms with Gasteiger partial charge in [-0.25, -0.2) is 4.39 Å². The summed E-state index contributed by atoms with van der Waals surface area (Å²) >= 11 is 6.11. The molecule has 32 heavy (non-hydrogen) atoms. The van der Waals surface area contributed by atoms with Gasteiger partial charge in [0.1, 0.15) is 17.3 Å². The Bertz CT molecular complexity index is 1240. The molecule has 4 rings (SSSR count). The van der Waals surface area contributed by atoms with Crippen LogP contribution in [0.3, 0.4) is 0 Å². The van der Waals surface area contributed by atoms with Gasteiger partial charge in [0.05, 0.1) is 24.3 Å². The van der Waals surface area contributed by atoms with Crippen LogP contribution in [-0.2, 0) is 9.59 Å². The normalized spacial score (nSPS) is 17.6.